The molecule has 0 unspecified atom stereocenters. The first kappa shape index (κ1) is 14.1. The van der Waals surface area contributed by atoms with E-state index >= 15 is 0 Å². The van der Waals surface area contributed by atoms with Gasteiger partial charge in [0.05, 0.1) is 11.8 Å². The molecule has 0 fully saturated rings. The number of hydrogen-bond donors (Lipinski definition) is 1. The smallest absolute Gasteiger partial charge is 0.407 e. The molecule has 0 aromatic rings. The van der Waals surface area contributed by atoms with Crippen molar-refractivity contribution in [3.63, 3.8) is 0 Å². The number of carbonyl (C=O) groups is 1. The topological polar surface area (TPSA) is 62.1 Å². The second kappa shape index (κ2) is 6.57. The summed E-state index contributed by atoms with van der Waals surface area (Å²) >= 11 is 1.46. The van der Waals surface area contributed by atoms with Gasteiger partial charge in [-0.1, -0.05) is 0 Å². The number of ether oxygens (including phenoxy) is 1. The minimum atomic E-state index is -0.410. The van der Waals surface area contributed by atoms with Crippen LogP contribution in [0.1, 0.15) is 27.7 Å². The highest BCUT2D eigenvalue weighted by molar-refractivity contribution is 7.99. The first-order valence-electron chi connectivity index (χ1n) is 4.78. The van der Waals surface area contributed by atoms with E-state index in [0.29, 0.717) is 11.5 Å². The van der Waals surface area contributed by atoms with Crippen molar-refractivity contribution in [2.75, 3.05) is 11.5 Å². The normalized spacial score (nSPS) is 12.7. The largest absolute Gasteiger partial charge is 0.446 e. The predicted octanol–water partition coefficient (Wildman–Crippen LogP) is 2.16. The molecular formula is C10H18N2O2S. The van der Waals surface area contributed by atoms with Crippen molar-refractivity contribution in [1.29, 1.82) is 5.26 Å². The Morgan fingerprint density at radius 1 is 1.60 bits per heavy atom. The summed E-state index contributed by atoms with van der Waals surface area (Å²) in [7, 11) is 0. The van der Waals surface area contributed by atoms with E-state index in [9.17, 15) is 4.79 Å². The van der Waals surface area contributed by atoms with Crippen molar-refractivity contribution in [3.8, 4) is 6.07 Å². The van der Waals surface area contributed by atoms with Crippen LogP contribution >= 0.6 is 11.8 Å². The summed E-state index contributed by atoms with van der Waals surface area (Å²) < 4.78 is 5.09. The van der Waals surface area contributed by atoms with Crippen LogP contribution in [0.2, 0.25) is 0 Å². The molecule has 0 spiro atoms. The van der Waals surface area contributed by atoms with Gasteiger partial charge in [0.1, 0.15) is 6.10 Å². The summed E-state index contributed by atoms with van der Waals surface area (Å²) in [5, 5.41) is 11.0. The van der Waals surface area contributed by atoms with Gasteiger partial charge in [-0.05, 0) is 27.7 Å². The SMILES string of the molecule is C[C@H](CSCC#N)OC(=O)NC(C)(C)C. The molecule has 0 aromatic carbocycles. The third kappa shape index (κ3) is 9.42. The van der Waals surface area contributed by atoms with Gasteiger partial charge in [-0.3, -0.25) is 0 Å². The van der Waals surface area contributed by atoms with E-state index < -0.39 is 6.09 Å². The third-order valence-corrected chi connectivity index (χ3v) is 2.34. The maximum absolute atomic E-state index is 11.3. The van der Waals surface area contributed by atoms with Crippen LogP contribution in [0.5, 0.6) is 0 Å². The molecule has 1 amide bonds. The summed E-state index contributed by atoms with van der Waals surface area (Å²) in [6.45, 7) is 7.49. The molecule has 0 saturated carbocycles. The zero-order valence-corrected chi connectivity index (χ0v) is 10.5. The summed E-state index contributed by atoms with van der Waals surface area (Å²) in [5.41, 5.74) is -0.281. The van der Waals surface area contributed by atoms with Crippen LogP contribution in [0.3, 0.4) is 0 Å². The Morgan fingerprint density at radius 3 is 2.67 bits per heavy atom. The van der Waals surface area contributed by atoms with Gasteiger partial charge in [-0.25, -0.2) is 4.79 Å². The lowest BCUT2D eigenvalue weighted by Gasteiger charge is -2.21. The molecule has 0 aliphatic heterocycles. The number of nitrogens with zero attached hydrogens (tertiary/aromatic N) is 1. The molecule has 0 aliphatic rings. The van der Waals surface area contributed by atoms with E-state index in [0.717, 1.165) is 0 Å². The van der Waals surface area contributed by atoms with Crippen LogP contribution in [0.25, 0.3) is 0 Å². The first-order chi connectivity index (χ1) is 6.85. The summed E-state index contributed by atoms with van der Waals surface area (Å²) in [6, 6.07) is 2.02. The van der Waals surface area contributed by atoms with Crippen LogP contribution in [0.4, 0.5) is 4.79 Å². The standard InChI is InChI=1S/C10H18N2O2S/c1-8(7-15-6-5-11)14-9(13)12-10(2,3)4/h8H,6-7H2,1-4H3,(H,12,13)/t8-/m1/s1. The zero-order chi connectivity index (χ0) is 11.9. The maximum Gasteiger partial charge on any atom is 0.407 e. The molecule has 0 aromatic heterocycles. The van der Waals surface area contributed by atoms with Crippen LogP contribution < -0.4 is 5.32 Å². The second-order valence-electron chi connectivity index (χ2n) is 4.26. The number of rotatable bonds is 4. The van der Waals surface area contributed by atoms with Gasteiger partial charge in [0.25, 0.3) is 0 Å². The van der Waals surface area contributed by atoms with Crippen molar-refractivity contribution >= 4 is 17.9 Å². The van der Waals surface area contributed by atoms with Gasteiger partial charge in [0, 0.05) is 11.3 Å². The van der Waals surface area contributed by atoms with Gasteiger partial charge in [0.2, 0.25) is 0 Å². The van der Waals surface area contributed by atoms with Crippen molar-refractivity contribution in [1.82, 2.24) is 5.32 Å². The van der Waals surface area contributed by atoms with Gasteiger partial charge in [-0.15, -0.1) is 11.8 Å². The minimum absolute atomic E-state index is 0.175. The molecule has 5 heteroatoms. The lowest BCUT2D eigenvalue weighted by Crippen LogP contribution is -2.42. The minimum Gasteiger partial charge on any atom is -0.446 e. The number of hydrogen-bond acceptors (Lipinski definition) is 4. The van der Waals surface area contributed by atoms with Crippen LogP contribution in [-0.4, -0.2) is 29.2 Å². The molecule has 1 atom stereocenters. The van der Waals surface area contributed by atoms with E-state index in [1.807, 2.05) is 33.8 Å². The van der Waals surface area contributed by atoms with Crippen molar-refractivity contribution < 1.29 is 9.53 Å². The van der Waals surface area contributed by atoms with E-state index in [-0.39, 0.29) is 11.6 Å². The van der Waals surface area contributed by atoms with Gasteiger partial charge in [0.15, 0.2) is 0 Å². The Morgan fingerprint density at radius 2 is 2.20 bits per heavy atom. The number of carbonyl (C=O) groups excluding carboxylic acids is 1. The number of nitriles is 1. The van der Waals surface area contributed by atoms with Crippen molar-refractivity contribution in [2.24, 2.45) is 0 Å². The Hall–Kier alpha value is -0.890. The number of nitrogens with one attached hydrogen (secondary N) is 1. The van der Waals surface area contributed by atoms with E-state index in [1.165, 1.54) is 11.8 Å². The molecule has 86 valence electrons. The molecule has 0 radical (unpaired) electrons. The van der Waals surface area contributed by atoms with Gasteiger partial charge in [-0.2, -0.15) is 5.26 Å². The second-order valence-corrected chi connectivity index (χ2v) is 5.29. The number of amides is 1. The molecule has 4 nitrogen and oxygen atoms in total. The number of alkyl carbamates (subject to hydrolysis) is 1. The summed E-state index contributed by atoms with van der Waals surface area (Å²) in [6.07, 6.45) is -0.585. The van der Waals surface area contributed by atoms with Gasteiger partial charge >= 0.3 is 6.09 Å². The Balaban J connectivity index is 3.73. The molecular weight excluding hydrogens is 212 g/mol. The van der Waals surface area contributed by atoms with E-state index in [1.54, 1.807) is 0 Å². The lowest BCUT2D eigenvalue weighted by molar-refractivity contribution is 0.110. The van der Waals surface area contributed by atoms with Crippen LogP contribution in [-0.2, 0) is 4.74 Å². The van der Waals surface area contributed by atoms with E-state index in [2.05, 4.69) is 5.32 Å². The van der Waals surface area contributed by atoms with Gasteiger partial charge < -0.3 is 10.1 Å². The zero-order valence-electron chi connectivity index (χ0n) is 9.66. The predicted molar refractivity (Wildman–Crippen MR) is 61.8 cm³/mol. The highest BCUT2D eigenvalue weighted by atomic mass is 32.2. The quantitative estimate of drug-likeness (QED) is 0.752. The third-order valence-electron chi connectivity index (χ3n) is 1.30. The first-order valence-corrected chi connectivity index (χ1v) is 5.94. The molecule has 0 saturated heterocycles. The fourth-order valence-corrected chi connectivity index (χ4v) is 1.43. The highest BCUT2D eigenvalue weighted by Gasteiger charge is 2.16. The maximum atomic E-state index is 11.3. The monoisotopic (exact) mass is 230 g/mol. The number of thioether (sulfide) groups is 1. The average molecular weight is 230 g/mol. The molecule has 1 N–H and O–H groups in total. The Bertz CT molecular complexity index is 243. The molecule has 0 aliphatic carbocycles. The Labute approximate surface area is 95.4 Å². The average Bonchev–Trinajstić information content (AvgIpc) is 2.00. The van der Waals surface area contributed by atoms with E-state index in [4.69, 9.17) is 10.00 Å². The van der Waals surface area contributed by atoms with Crippen LogP contribution in [0, 0.1) is 11.3 Å². The highest BCUT2D eigenvalue weighted by Crippen LogP contribution is 2.06. The Kier molecular flexibility index (Phi) is 6.18. The van der Waals surface area contributed by atoms with Crippen molar-refractivity contribution in [3.05, 3.63) is 0 Å². The van der Waals surface area contributed by atoms with Crippen molar-refractivity contribution in [2.45, 2.75) is 39.3 Å². The van der Waals surface area contributed by atoms with Crippen LogP contribution in [0.15, 0.2) is 0 Å². The summed E-state index contributed by atoms with van der Waals surface area (Å²) in [5.74, 6) is 1.07. The fraction of sp³-hybridized carbons (Fsp3) is 0.800. The molecule has 0 bridgehead atoms. The summed E-state index contributed by atoms with van der Waals surface area (Å²) in [4.78, 5) is 11.3. The molecule has 0 rings (SSSR count). The lowest BCUT2D eigenvalue weighted by atomic mass is 10.1. The molecule has 0 heterocycles. The molecule has 15 heavy (non-hydrogen) atoms. The fourth-order valence-electron chi connectivity index (χ4n) is 0.823.